The lowest BCUT2D eigenvalue weighted by Gasteiger charge is -2.25. The Balaban J connectivity index is 1.30. The number of rotatable bonds is 7. The van der Waals surface area contributed by atoms with Crippen LogP contribution in [0.1, 0.15) is 17.7 Å². The molecule has 128 valence electrons. The largest absolute Gasteiger partial charge is 0.370 e. The number of nitrogens with one attached hydrogen (secondary N) is 3. The molecule has 3 N–H and O–H groups in total. The van der Waals surface area contributed by atoms with E-state index >= 15 is 0 Å². The standard InChI is InChI=1S/C18H25N5O/c1-14-9-17-20-12-16(13-23(17)22-14)10-19-8-7-18(24)21-11-15-5-3-2-4-6-15/h2-6,9,16,19-20H,7-8,10-13H2,1H3,(H,21,24). The zero-order valence-corrected chi connectivity index (χ0v) is 14.1. The molecule has 1 aliphatic heterocycles. The van der Waals surface area contributed by atoms with Crippen molar-refractivity contribution in [2.24, 2.45) is 5.92 Å². The number of hydrogen-bond donors (Lipinski definition) is 3. The minimum atomic E-state index is 0.0816. The number of carbonyl (C=O) groups is 1. The quantitative estimate of drug-likeness (QED) is 0.675. The maximum absolute atomic E-state index is 11.9. The summed E-state index contributed by atoms with van der Waals surface area (Å²) in [5.41, 5.74) is 2.17. The molecule has 1 unspecified atom stereocenters. The average molecular weight is 327 g/mol. The number of aryl methyl sites for hydroxylation is 1. The van der Waals surface area contributed by atoms with Crippen LogP contribution in [0.2, 0.25) is 0 Å². The minimum Gasteiger partial charge on any atom is -0.370 e. The third kappa shape index (κ3) is 4.58. The lowest BCUT2D eigenvalue weighted by Crippen LogP contribution is -2.36. The van der Waals surface area contributed by atoms with Crippen LogP contribution in [-0.4, -0.2) is 35.3 Å². The fourth-order valence-electron chi connectivity index (χ4n) is 2.91. The number of anilines is 1. The van der Waals surface area contributed by atoms with Crippen LogP contribution in [0.15, 0.2) is 36.4 Å². The van der Waals surface area contributed by atoms with Crippen molar-refractivity contribution in [3.05, 3.63) is 47.7 Å². The minimum absolute atomic E-state index is 0.0816. The summed E-state index contributed by atoms with van der Waals surface area (Å²) in [5, 5.41) is 14.2. The topological polar surface area (TPSA) is 71.0 Å². The van der Waals surface area contributed by atoms with Crippen molar-refractivity contribution in [1.82, 2.24) is 20.4 Å². The van der Waals surface area contributed by atoms with E-state index in [4.69, 9.17) is 0 Å². The zero-order chi connectivity index (χ0) is 16.8. The fraction of sp³-hybridized carbons (Fsp3) is 0.444. The summed E-state index contributed by atoms with van der Waals surface area (Å²) in [6.45, 7) is 6.04. The van der Waals surface area contributed by atoms with E-state index in [0.717, 1.165) is 36.7 Å². The smallest absolute Gasteiger partial charge is 0.221 e. The van der Waals surface area contributed by atoms with Gasteiger partial charge in [0.25, 0.3) is 0 Å². The second-order valence-corrected chi connectivity index (χ2v) is 6.32. The van der Waals surface area contributed by atoms with Crippen molar-refractivity contribution in [2.75, 3.05) is 25.0 Å². The molecule has 1 atom stereocenters. The van der Waals surface area contributed by atoms with Crippen molar-refractivity contribution in [3.63, 3.8) is 0 Å². The highest BCUT2D eigenvalue weighted by molar-refractivity contribution is 5.76. The SMILES string of the molecule is Cc1cc2n(n1)CC(CNCCC(=O)NCc1ccccc1)CN2. The number of nitrogens with zero attached hydrogens (tertiary/aromatic N) is 2. The van der Waals surface area contributed by atoms with Crippen molar-refractivity contribution in [3.8, 4) is 0 Å². The van der Waals surface area contributed by atoms with Gasteiger partial charge in [-0.05, 0) is 12.5 Å². The Morgan fingerprint density at radius 1 is 1.38 bits per heavy atom. The first-order chi connectivity index (χ1) is 11.7. The van der Waals surface area contributed by atoms with E-state index in [1.165, 1.54) is 0 Å². The fourth-order valence-corrected chi connectivity index (χ4v) is 2.91. The first-order valence-electron chi connectivity index (χ1n) is 8.50. The molecule has 1 aliphatic rings. The zero-order valence-electron chi connectivity index (χ0n) is 14.1. The molecule has 1 aromatic carbocycles. The molecule has 24 heavy (non-hydrogen) atoms. The van der Waals surface area contributed by atoms with Gasteiger partial charge in [-0.3, -0.25) is 4.79 Å². The van der Waals surface area contributed by atoms with Crippen LogP contribution in [0.5, 0.6) is 0 Å². The van der Waals surface area contributed by atoms with Crippen molar-refractivity contribution in [2.45, 2.75) is 26.4 Å². The van der Waals surface area contributed by atoms with Gasteiger partial charge in [0.1, 0.15) is 5.82 Å². The van der Waals surface area contributed by atoms with E-state index < -0.39 is 0 Å². The van der Waals surface area contributed by atoms with Crippen LogP contribution in [0.3, 0.4) is 0 Å². The monoisotopic (exact) mass is 327 g/mol. The molecular formula is C18H25N5O. The number of carbonyl (C=O) groups excluding carboxylic acids is 1. The van der Waals surface area contributed by atoms with Gasteiger partial charge in [-0.15, -0.1) is 0 Å². The van der Waals surface area contributed by atoms with Crippen LogP contribution in [-0.2, 0) is 17.9 Å². The number of fused-ring (bicyclic) bond motifs is 1. The average Bonchev–Trinajstić information content (AvgIpc) is 2.97. The van der Waals surface area contributed by atoms with Crippen LogP contribution >= 0.6 is 0 Å². The molecule has 1 amide bonds. The molecule has 2 heterocycles. The highest BCUT2D eigenvalue weighted by atomic mass is 16.1. The second-order valence-electron chi connectivity index (χ2n) is 6.32. The molecule has 6 heteroatoms. The van der Waals surface area contributed by atoms with Gasteiger partial charge in [0, 0.05) is 51.1 Å². The third-order valence-electron chi connectivity index (χ3n) is 4.20. The van der Waals surface area contributed by atoms with E-state index in [9.17, 15) is 4.79 Å². The number of benzene rings is 1. The molecule has 0 bridgehead atoms. The Morgan fingerprint density at radius 3 is 3.04 bits per heavy atom. The van der Waals surface area contributed by atoms with Gasteiger partial charge in [0.2, 0.25) is 5.91 Å². The number of aromatic nitrogens is 2. The van der Waals surface area contributed by atoms with Crippen molar-refractivity contribution >= 4 is 11.7 Å². The Bertz CT molecular complexity index is 667. The molecule has 3 rings (SSSR count). The van der Waals surface area contributed by atoms with Gasteiger partial charge in [-0.2, -0.15) is 5.10 Å². The first kappa shape index (κ1) is 16.5. The normalized spacial score (nSPS) is 16.3. The highest BCUT2D eigenvalue weighted by Crippen LogP contribution is 2.17. The van der Waals surface area contributed by atoms with Gasteiger partial charge in [0.15, 0.2) is 0 Å². The van der Waals surface area contributed by atoms with Crippen LogP contribution in [0.25, 0.3) is 0 Å². The molecule has 0 spiro atoms. The van der Waals surface area contributed by atoms with Gasteiger partial charge in [-0.25, -0.2) is 4.68 Å². The van der Waals surface area contributed by atoms with E-state index in [2.05, 4.69) is 27.1 Å². The van der Waals surface area contributed by atoms with E-state index in [0.29, 0.717) is 25.4 Å². The third-order valence-corrected chi connectivity index (χ3v) is 4.20. The molecule has 0 radical (unpaired) electrons. The van der Waals surface area contributed by atoms with Gasteiger partial charge < -0.3 is 16.0 Å². The first-order valence-corrected chi connectivity index (χ1v) is 8.50. The van der Waals surface area contributed by atoms with Crippen molar-refractivity contribution in [1.29, 1.82) is 0 Å². The van der Waals surface area contributed by atoms with E-state index in [1.54, 1.807) is 0 Å². The summed E-state index contributed by atoms with van der Waals surface area (Å²) in [5.74, 6) is 1.67. The lowest BCUT2D eigenvalue weighted by molar-refractivity contribution is -0.121. The number of amides is 1. The Hall–Kier alpha value is -2.34. The summed E-state index contributed by atoms with van der Waals surface area (Å²) < 4.78 is 2.03. The van der Waals surface area contributed by atoms with Gasteiger partial charge in [-0.1, -0.05) is 30.3 Å². The molecule has 2 aromatic rings. The van der Waals surface area contributed by atoms with Gasteiger partial charge in [0.05, 0.1) is 5.69 Å². The predicted molar refractivity (Wildman–Crippen MR) is 94.7 cm³/mol. The molecule has 0 aliphatic carbocycles. The van der Waals surface area contributed by atoms with E-state index in [1.807, 2.05) is 41.9 Å². The molecule has 0 saturated carbocycles. The van der Waals surface area contributed by atoms with Crippen LogP contribution in [0.4, 0.5) is 5.82 Å². The Morgan fingerprint density at radius 2 is 2.21 bits per heavy atom. The maximum atomic E-state index is 11.9. The molecule has 6 nitrogen and oxygen atoms in total. The summed E-state index contributed by atoms with van der Waals surface area (Å²) >= 11 is 0. The van der Waals surface area contributed by atoms with E-state index in [-0.39, 0.29) is 5.91 Å². The second kappa shape index (κ2) is 7.97. The van der Waals surface area contributed by atoms with Gasteiger partial charge >= 0.3 is 0 Å². The molecule has 1 aromatic heterocycles. The van der Waals surface area contributed by atoms with Crippen LogP contribution < -0.4 is 16.0 Å². The Kier molecular flexibility index (Phi) is 5.48. The molecular weight excluding hydrogens is 302 g/mol. The Labute approximate surface area is 142 Å². The summed E-state index contributed by atoms with van der Waals surface area (Å²) in [7, 11) is 0. The van der Waals surface area contributed by atoms with Crippen molar-refractivity contribution < 1.29 is 4.79 Å². The maximum Gasteiger partial charge on any atom is 0.221 e. The molecule has 0 saturated heterocycles. The summed E-state index contributed by atoms with van der Waals surface area (Å²) in [6, 6.07) is 12.0. The lowest BCUT2D eigenvalue weighted by atomic mass is 10.1. The number of hydrogen-bond acceptors (Lipinski definition) is 4. The molecule has 0 fully saturated rings. The summed E-state index contributed by atoms with van der Waals surface area (Å²) in [4.78, 5) is 11.9. The highest BCUT2D eigenvalue weighted by Gasteiger charge is 2.18. The predicted octanol–water partition coefficient (Wildman–Crippen LogP) is 1.53. The summed E-state index contributed by atoms with van der Waals surface area (Å²) in [6.07, 6.45) is 0.499. The van der Waals surface area contributed by atoms with Crippen LogP contribution in [0, 0.1) is 12.8 Å².